The van der Waals surface area contributed by atoms with Crippen molar-refractivity contribution < 1.29 is 4.74 Å². The molecule has 0 atom stereocenters. The second kappa shape index (κ2) is 12.6. The van der Waals surface area contributed by atoms with Crippen molar-refractivity contribution in [2.45, 2.75) is 45.4 Å². The fourth-order valence-electron chi connectivity index (χ4n) is 9.97. The Morgan fingerprint density at radius 1 is 0.431 bits per heavy atom. The third kappa shape index (κ3) is 4.99. The zero-order chi connectivity index (χ0) is 39.3. The maximum Gasteiger partial charge on any atom is 0.153 e. The van der Waals surface area contributed by atoms with Gasteiger partial charge in [-0.2, -0.15) is 0 Å². The Bertz CT molecular complexity index is 2940. The van der Waals surface area contributed by atoms with Crippen LogP contribution in [0.4, 0.5) is 34.1 Å². The van der Waals surface area contributed by atoms with E-state index in [0.29, 0.717) is 0 Å². The predicted octanol–water partition coefficient (Wildman–Crippen LogP) is 15.3. The molecule has 0 unspecified atom stereocenters. The van der Waals surface area contributed by atoms with Crippen LogP contribution in [-0.4, -0.2) is 0 Å². The summed E-state index contributed by atoms with van der Waals surface area (Å²) in [4.78, 5) is 4.94. The molecule has 3 heteroatoms. The summed E-state index contributed by atoms with van der Waals surface area (Å²) < 4.78 is 7.09. The molecule has 0 saturated heterocycles. The van der Waals surface area contributed by atoms with Crippen LogP contribution < -0.4 is 14.5 Å². The first kappa shape index (κ1) is 34.4. The molecule has 3 nitrogen and oxygen atoms in total. The first-order valence-corrected chi connectivity index (χ1v) is 20.4. The molecule has 0 radical (unpaired) electrons. The number of benzene rings is 8. The summed E-state index contributed by atoms with van der Waals surface area (Å²) in [6.07, 6.45) is 0. The molecule has 0 spiro atoms. The Labute approximate surface area is 341 Å². The molecule has 0 bridgehead atoms. The molecule has 11 rings (SSSR count). The van der Waals surface area contributed by atoms with Crippen LogP contribution in [0.1, 0.15) is 55.5 Å². The molecule has 0 amide bonds. The van der Waals surface area contributed by atoms with Crippen molar-refractivity contribution in [3.63, 3.8) is 0 Å². The molecule has 8 aromatic rings. The van der Waals surface area contributed by atoms with Crippen molar-refractivity contribution in [1.82, 2.24) is 0 Å². The lowest BCUT2D eigenvalue weighted by molar-refractivity contribution is 0.471. The smallest absolute Gasteiger partial charge is 0.153 e. The lowest BCUT2D eigenvalue weighted by Gasteiger charge is -2.46. The molecule has 0 aromatic heterocycles. The van der Waals surface area contributed by atoms with Gasteiger partial charge in [0.1, 0.15) is 0 Å². The quantitative estimate of drug-likeness (QED) is 0.174. The molecule has 3 aliphatic rings. The lowest BCUT2D eigenvalue weighted by Crippen LogP contribution is -2.33. The van der Waals surface area contributed by atoms with Crippen LogP contribution in [0.25, 0.3) is 33.4 Å². The number of hydrogen-bond acceptors (Lipinski definition) is 3. The summed E-state index contributed by atoms with van der Waals surface area (Å²) in [7, 11) is 0. The van der Waals surface area contributed by atoms with Gasteiger partial charge >= 0.3 is 0 Å². The van der Waals surface area contributed by atoms with Gasteiger partial charge in [-0.1, -0.05) is 161 Å². The average molecular weight is 749 g/mol. The summed E-state index contributed by atoms with van der Waals surface area (Å²) in [6.45, 7) is 11.7. The second-order valence-electron chi connectivity index (χ2n) is 17.0. The van der Waals surface area contributed by atoms with E-state index in [2.05, 4.69) is 220 Å². The maximum absolute atomic E-state index is 7.09. The molecule has 1 aliphatic carbocycles. The molecule has 8 aromatic carbocycles. The van der Waals surface area contributed by atoms with E-state index in [-0.39, 0.29) is 10.8 Å². The minimum Gasteiger partial charge on any atom is -0.453 e. The van der Waals surface area contributed by atoms with Gasteiger partial charge in [0.25, 0.3) is 0 Å². The molecule has 2 heterocycles. The van der Waals surface area contributed by atoms with Gasteiger partial charge in [-0.25, -0.2) is 0 Å². The first-order valence-electron chi connectivity index (χ1n) is 20.4. The molecule has 0 fully saturated rings. The van der Waals surface area contributed by atoms with Crippen LogP contribution in [0.2, 0.25) is 0 Å². The normalized spacial score (nSPS) is 14.7. The van der Waals surface area contributed by atoms with Gasteiger partial charge in [-0.15, -0.1) is 0 Å². The summed E-state index contributed by atoms with van der Waals surface area (Å²) in [6, 6.07) is 64.3. The van der Waals surface area contributed by atoms with Crippen LogP contribution in [0, 0.1) is 6.92 Å². The molecule has 0 N–H and O–H groups in total. The molecular weight excluding hydrogens is 705 g/mol. The summed E-state index contributed by atoms with van der Waals surface area (Å²) in [5.41, 5.74) is 19.9. The summed E-state index contributed by atoms with van der Waals surface area (Å²) >= 11 is 0. The van der Waals surface area contributed by atoms with Crippen LogP contribution in [-0.2, 0) is 10.8 Å². The molecule has 2 aliphatic heterocycles. The van der Waals surface area contributed by atoms with Crippen LogP contribution in [0.5, 0.6) is 11.5 Å². The van der Waals surface area contributed by atoms with Gasteiger partial charge in [0, 0.05) is 28.1 Å². The van der Waals surface area contributed by atoms with Gasteiger partial charge in [-0.3, -0.25) is 0 Å². The van der Waals surface area contributed by atoms with Crippen molar-refractivity contribution >= 4 is 34.1 Å². The highest BCUT2D eigenvalue weighted by Gasteiger charge is 2.43. The fraction of sp³-hybridized carbons (Fsp3) is 0.127. The Morgan fingerprint density at radius 2 is 1.09 bits per heavy atom. The number of anilines is 6. The van der Waals surface area contributed by atoms with Gasteiger partial charge in [0.2, 0.25) is 0 Å². The highest BCUT2D eigenvalue weighted by Crippen LogP contribution is 2.62. The van der Waals surface area contributed by atoms with Gasteiger partial charge in [0.05, 0.1) is 28.4 Å². The van der Waals surface area contributed by atoms with Crippen molar-refractivity contribution in [2.75, 3.05) is 9.80 Å². The molecular formula is C55H44N2O. The monoisotopic (exact) mass is 748 g/mol. The van der Waals surface area contributed by atoms with E-state index in [4.69, 9.17) is 4.74 Å². The van der Waals surface area contributed by atoms with Crippen molar-refractivity contribution in [1.29, 1.82) is 0 Å². The minimum atomic E-state index is -0.350. The maximum atomic E-state index is 7.09. The van der Waals surface area contributed by atoms with Gasteiger partial charge in [0.15, 0.2) is 11.5 Å². The number of nitrogens with zero attached hydrogens (tertiary/aromatic N) is 2. The predicted molar refractivity (Wildman–Crippen MR) is 241 cm³/mol. The highest BCUT2D eigenvalue weighted by atomic mass is 16.5. The van der Waals surface area contributed by atoms with E-state index in [1.807, 2.05) is 0 Å². The number of fused-ring (bicyclic) bond motifs is 7. The standard InChI is InChI=1S/C55H44N2O/c1-35-17-16-26-50-52(35)57-49-31-38(36-18-8-6-9-19-36)27-30-45(49)55(4,5)47-33-40(34-51(58-50)53(47)57)56(48-25-15-13-22-41(48)37-20-10-7-11-21-37)39-28-29-43-42-23-12-14-24-44(42)54(2,3)46(43)32-39/h6-34H,1-5H3. The van der Waals surface area contributed by atoms with Crippen molar-refractivity contribution in [3.05, 3.63) is 204 Å². The van der Waals surface area contributed by atoms with Crippen molar-refractivity contribution in [3.8, 4) is 44.9 Å². The molecule has 0 saturated carbocycles. The van der Waals surface area contributed by atoms with Crippen LogP contribution in [0.3, 0.4) is 0 Å². The Hall–Kier alpha value is -6.84. The largest absolute Gasteiger partial charge is 0.453 e. The number of para-hydroxylation sites is 2. The number of hydrogen-bond donors (Lipinski definition) is 0. The molecule has 280 valence electrons. The van der Waals surface area contributed by atoms with E-state index >= 15 is 0 Å². The summed E-state index contributed by atoms with van der Waals surface area (Å²) in [5, 5.41) is 0. The lowest BCUT2D eigenvalue weighted by atomic mass is 9.72. The SMILES string of the molecule is Cc1cccc2c1N1c3cc(-c4ccccc4)ccc3C(C)(C)c3cc(N(c4ccc5c(c4)C(C)(C)c4ccccc4-5)c4ccccc4-c4ccccc4)cc(c31)O2. The Morgan fingerprint density at radius 3 is 1.88 bits per heavy atom. The van der Waals surface area contributed by atoms with Gasteiger partial charge < -0.3 is 14.5 Å². The number of ether oxygens (including phenoxy) is 1. The topological polar surface area (TPSA) is 15.7 Å². The highest BCUT2D eigenvalue weighted by molar-refractivity contribution is 5.98. The zero-order valence-corrected chi connectivity index (χ0v) is 33.5. The van der Waals surface area contributed by atoms with Crippen LogP contribution in [0.15, 0.2) is 176 Å². The molecule has 58 heavy (non-hydrogen) atoms. The van der Waals surface area contributed by atoms with E-state index in [0.717, 1.165) is 39.9 Å². The number of rotatable bonds is 5. The minimum absolute atomic E-state index is 0.149. The Balaban J connectivity index is 1.17. The first-order chi connectivity index (χ1) is 28.2. The van der Waals surface area contributed by atoms with Crippen molar-refractivity contribution in [2.24, 2.45) is 0 Å². The van der Waals surface area contributed by atoms with Crippen LogP contribution >= 0.6 is 0 Å². The third-order valence-electron chi connectivity index (χ3n) is 12.9. The van der Waals surface area contributed by atoms with Gasteiger partial charge in [-0.05, 0) is 99.0 Å². The number of aryl methyl sites for hydroxylation is 1. The average Bonchev–Trinajstić information content (AvgIpc) is 3.48. The third-order valence-corrected chi connectivity index (χ3v) is 12.9. The Kier molecular flexibility index (Phi) is 7.46. The summed E-state index contributed by atoms with van der Waals surface area (Å²) in [5.74, 6) is 1.71. The van der Waals surface area contributed by atoms with E-state index in [1.54, 1.807) is 0 Å². The second-order valence-corrected chi connectivity index (χ2v) is 17.0. The van der Waals surface area contributed by atoms with E-state index in [9.17, 15) is 0 Å². The van der Waals surface area contributed by atoms with E-state index in [1.165, 1.54) is 66.9 Å². The fourth-order valence-corrected chi connectivity index (χ4v) is 9.97. The van der Waals surface area contributed by atoms with E-state index < -0.39 is 0 Å². The zero-order valence-electron chi connectivity index (χ0n) is 33.5.